The lowest BCUT2D eigenvalue weighted by molar-refractivity contribution is 0.0734. The SMILES string of the molecule is CN(Cc1n[nH]c2c1CCCC2)C1CCN(c2ccc(C(=O)N3CCc4ccccc4C3)cc2)CC1. The van der Waals surface area contributed by atoms with E-state index in [1.165, 1.54) is 53.0 Å². The number of hydrogen-bond donors (Lipinski definition) is 1. The molecule has 3 aromatic rings. The minimum Gasteiger partial charge on any atom is -0.371 e. The van der Waals surface area contributed by atoms with Crippen molar-refractivity contribution in [1.82, 2.24) is 20.0 Å². The Kier molecular flexibility index (Phi) is 6.53. The molecule has 1 aliphatic carbocycles. The Bertz CT molecular complexity index is 1210. The Hall–Kier alpha value is -3.12. The van der Waals surface area contributed by atoms with Crippen LogP contribution in [-0.2, 0) is 32.4 Å². The highest BCUT2D eigenvalue weighted by Crippen LogP contribution is 2.27. The Labute approximate surface area is 214 Å². The molecule has 0 radical (unpaired) electrons. The van der Waals surface area contributed by atoms with Crippen LogP contribution in [0, 0.1) is 0 Å². The Morgan fingerprint density at radius 2 is 1.72 bits per heavy atom. The number of fused-ring (bicyclic) bond motifs is 2. The zero-order valence-electron chi connectivity index (χ0n) is 21.4. The number of anilines is 1. The van der Waals surface area contributed by atoms with Gasteiger partial charge in [-0.05, 0) is 92.9 Å². The molecule has 6 heteroatoms. The molecule has 2 aromatic carbocycles. The summed E-state index contributed by atoms with van der Waals surface area (Å²) < 4.78 is 0. The number of hydrogen-bond acceptors (Lipinski definition) is 4. The molecule has 0 bridgehead atoms. The molecule has 0 atom stereocenters. The number of amides is 1. The van der Waals surface area contributed by atoms with E-state index >= 15 is 0 Å². The van der Waals surface area contributed by atoms with E-state index in [2.05, 4.69) is 63.4 Å². The molecule has 0 spiro atoms. The van der Waals surface area contributed by atoms with E-state index in [0.29, 0.717) is 12.6 Å². The average Bonchev–Trinajstić information content (AvgIpc) is 3.35. The van der Waals surface area contributed by atoms with Gasteiger partial charge >= 0.3 is 0 Å². The van der Waals surface area contributed by atoms with E-state index < -0.39 is 0 Å². The third-order valence-electron chi connectivity index (χ3n) is 8.53. The Morgan fingerprint density at radius 3 is 2.53 bits per heavy atom. The van der Waals surface area contributed by atoms with Crippen LogP contribution >= 0.6 is 0 Å². The topological polar surface area (TPSA) is 55.5 Å². The summed E-state index contributed by atoms with van der Waals surface area (Å²) in [6.07, 6.45) is 8.14. The first kappa shape index (κ1) is 23.3. The van der Waals surface area contributed by atoms with E-state index in [4.69, 9.17) is 0 Å². The van der Waals surface area contributed by atoms with Crippen LogP contribution in [0.3, 0.4) is 0 Å². The number of piperidine rings is 1. The molecule has 1 aromatic heterocycles. The van der Waals surface area contributed by atoms with Gasteiger partial charge in [-0.3, -0.25) is 14.8 Å². The van der Waals surface area contributed by atoms with Gasteiger partial charge in [0.15, 0.2) is 0 Å². The van der Waals surface area contributed by atoms with E-state index in [1.807, 2.05) is 17.0 Å². The highest BCUT2D eigenvalue weighted by Gasteiger charge is 2.26. The number of carbonyl (C=O) groups is 1. The molecule has 0 unspecified atom stereocenters. The molecule has 1 fully saturated rings. The van der Waals surface area contributed by atoms with Gasteiger partial charge in [-0.2, -0.15) is 5.10 Å². The molecule has 1 saturated heterocycles. The Morgan fingerprint density at radius 1 is 0.972 bits per heavy atom. The van der Waals surface area contributed by atoms with Crippen LogP contribution in [0.15, 0.2) is 48.5 Å². The number of nitrogens with one attached hydrogen (secondary N) is 1. The quantitative estimate of drug-likeness (QED) is 0.577. The average molecular weight is 484 g/mol. The lowest BCUT2D eigenvalue weighted by Gasteiger charge is -2.38. The number of nitrogens with zero attached hydrogens (tertiary/aromatic N) is 4. The standard InChI is InChI=1S/C30H37N5O/c1-33(21-29-27-8-4-5-9-28(27)31-32-29)25-15-18-34(19-16-25)26-12-10-23(11-13-26)30(36)35-17-14-22-6-2-3-7-24(22)20-35/h2-3,6-7,10-13,25H,4-5,8-9,14-21H2,1H3,(H,31,32). The smallest absolute Gasteiger partial charge is 0.254 e. The van der Waals surface area contributed by atoms with Crippen molar-refractivity contribution in [2.24, 2.45) is 0 Å². The molecule has 3 aliphatic rings. The van der Waals surface area contributed by atoms with E-state index in [1.54, 1.807) is 0 Å². The molecule has 1 N–H and O–H groups in total. The van der Waals surface area contributed by atoms with Crippen LogP contribution in [0.5, 0.6) is 0 Å². The lowest BCUT2D eigenvalue weighted by Crippen LogP contribution is -2.43. The van der Waals surface area contributed by atoms with Crippen LogP contribution < -0.4 is 4.90 Å². The highest BCUT2D eigenvalue weighted by molar-refractivity contribution is 5.94. The maximum Gasteiger partial charge on any atom is 0.254 e. The van der Waals surface area contributed by atoms with Crippen LogP contribution in [0.4, 0.5) is 5.69 Å². The summed E-state index contributed by atoms with van der Waals surface area (Å²) in [5.74, 6) is 0.136. The third kappa shape index (κ3) is 4.66. The second kappa shape index (κ2) is 10.1. The molecule has 2 aliphatic heterocycles. The molecular weight excluding hydrogens is 446 g/mol. The number of rotatable bonds is 5. The maximum absolute atomic E-state index is 13.1. The molecule has 6 nitrogen and oxygen atoms in total. The number of aromatic nitrogens is 2. The number of aryl methyl sites for hydroxylation is 1. The van der Waals surface area contributed by atoms with Crippen molar-refractivity contribution in [1.29, 1.82) is 0 Å². The van der Waals surface area contributed by atoms with Crippen LogP contribution in [-0.4, -0.2) is 58.6 Å². The molecule has 6 rings (SSSR count). The molecule has 188 valence electrons. The minimum atomic E-state index is 0.136. The largest absolute Gasteiger partial charge is 0.371 e. The monoisotopic (exact) mass is 483 g/mol. The second-order valence-electron chi connectivity index (χ2n) is 10.8. The summed E-state index contributed by atoms with van der Waals surface area (Å²) in [6.45, 7) is 4.53. The summed E-state index contributed by atoms with van der Waals surface area (Å²) in [7, 11) is 2.25. The van der Waals surface area contributed by atoms with Crippen molar-refractivity contribution in [2.75, 3.05) is 31.6 Å². The van der Waals surface area contributed by atoms with Crippen molar-refractivity contribution >= 4 is 11.6 Å². The zero-order valence-corrected chi connectivity index (χ0v) is 21.4. The molecular formula is C30H37N5O. The predicted octanol–water partition coefficient (Wildman–Crippen LogP) is 4.59. The van der Waals surface area contributed by atoms with Crippen LogP contribution in [0.2, 0.25) is 0 Å². The summed E-state index contributed by atoms with van der Waals surface area (Å²) in [5, 5.41) is 7.94. The normalized spacial score (nSPS) is 18.3. The minimum absolute atomic E-state index is 0.136. The molecule has 36 heavy (non-hydrogen) atoms. The summed E-state index contributed by atoms with van der Waals surface area (Å²) in [4.78, 5) is 20.1. The molecule has 3 heterocycles. The maximum atomic E-state index is 13.1. The van der Waals surface area contributed by atoms with Crippen molar-refractivity contribution in [3.63, 3.8) is 0 Å². The second-order valence-corrected chi connectivity index (χ2v) is 10.8. The zero-order chi connectivity index (χ0) is 24.5. The van der Waals surface area contributed by atoms with Gasteiger partial charge in [0.2, 0.25) is 0 Å². The lowest BCUT2D eigenvalue weighted by atomic mass is 9.95. The van der Waals surface area contributed by atoms with Crippen molar-refractivity contribution in [2.45, 2.75) is 64.1 Å². The molecule has 0 saturated carbocycles. The van der Waals surface area contributed by atoms with Gasteiger partial charge in [-0.1, -0.05) is 24.3 Å². The number of benzene rings is 2. The van der Waals surface area contributed by atoms with Gasteiger partial charge in [-0.25, -0.2) is 0 Å². The van der Waals surface area contributed by atoms with E-state index in [-0.39, 0.29) is 5.91 Å². The van der Waals surface area contributed by atoms with Gasteiger partial charge in [0.05, 0.1) is 5.69 Å². The van der Waals surface area contributed by atoms with E-state index in [9.17, 15) is 4.79 Å². The van der Waals surface area contributed by atoms with Gasteiger partial charge < -0.3 is 9.80 Å². The van der Waals surface area contributed by atoms with Gasteiger partial charge in [0.1, 0.15) is 0 Å². The number of aromatic amines is 1. The fourth-order valence-corrected chi connectivity index (χ4v) is 6.28. The van der Waals surface area contributed by atoms with Crippen LogP contribution in [0.25, 0.3) is 0 Å². The fraction of sp³-hybridized carbons (Fsp3) is 0.467. The first-order valence-corrected chi connectivity index (χ1v) is 13.6. The first-order chi connectivity index (χ1) is 17.7. The third-order valence-corrected chi connectivity index (χ3v) is 8.53. The first-order valence-electron chi connectivity index (χ1n) is 13.6. The summed E-state index contributed by atoms with van der Waals surface area (Å²) >= 11 is 0. The highest BCUT2D eigenvalue weighted by atomic mass is 16.2. The van der Waals surface area contributed by atoms with Gasteiger partial charge in [0, 0.05) is 55.7 Å². The fourth-order valence-electron chi connectivity index (χ4n) is 6.28. The molecule has 1 amide bonds. The van der Waals surface area contributed by atoms with Crippen molar-refractivity contribution < 1.29 is 4.79 Å². The van der Waals surface area contributed by atoms with Crippen molar-refractivity contribution in [3.05, 3.63) is 82.2 Å². The summed E-state index contributed by atoms with van der Waals surface area (Å²) in [5.41, 5.74) is 8.75. The number of carbonyl (C=O) groups excluding carboxylic acids is 1. The van der Waals surface area contributed by atoms with Crippen LogP contribution in [0.1, 0.15) is 64.1 Å². The summed E-state index contributed by atoms with van der Waals surface area (Å²) in [6, 6.07) is 17.3. The predicted molar refractivity (Wildman–Crippen MR) is 143 cm³/mol. The number of H-pyrrole nitrogens is 1. The van der Waals surface area contributed by atoms with Crippen molar-refractivity contribution in [3.8, 4) is 0 Å². The van der Waals surface area contributed by atoms with Gasteiger partial charge in [0.25, 0.3) is 5.91 Å². The van der Waals surface area contributed by atoms with Gasteiger partial charge in [-0.15, -0.1) is 0 Å². The van der Waals surface area contributed by atoms with E-state index in [0.717, 1.165) is 57.4 Å². The Balaban J connectivity index is 1.03.